The fourth-order valence-electron chi connectivity index (χ4n) is 3.41. The molecule has 0 saturated heterocycles. The Bertz CT molecular complexity index is 957. The standard InChI is InChI=1S/C20H26F3N3O3Si/c1-30(2,3)9-8-29-12-26-19(28)17(20(21,22)23)15(11-24-26)25-18-14-7-5-4-6-13(14)10-16(18)27/h4-7,11,16,18,25,27H,8-10,12H2,1-3H3. The van der Waals surface area contributed by atoms with Gasteiger partial charge in [-0.3, -0.25) is 4.79 Å². The number of nitrogens with zero attached hydrogens (tertiary/aromatic N) is 2. The number of rotatable bonds is 7. The topological polar surface area (TPSA) is 76.4 Å². The number of aromatic nitrogens is 2. The van der Waals surface area contributed by atoms with E-state index in [1.807, 2.05) is 6.07 Å². The van der Waals surface area contributed by atoms with Crippen molar-refractivity contribution < 1.29 is 23.0 Å². The van der Waals surface area contributed by atoms with Gasteiger partial charge < -0.3 is 15.2 Å². The molecule has 2 atom stereocenters. The highest BCUT2D eigenvalue weighted by Gasteiger charge is 2.40. The fraction of sp³-hybridized carbons (Fsp3) is 0.500. The molecule has 0 aliphatic heterocycles. The number of aliphatic hydroxyl groups is 1. The van der Waals surface area contributed by atoms with Gasteiger partial charge in [0.15, 0.2) is 0 Å². The van der Waals surface area contributed by atoms with E-state index in [4.69, 9.17) is 4.74 Å². The normalized spacial score (nSPS) is 19.0. The summed E-state index contributed by atoms with van der Waals surface area (Å²) in [5.74, 6) is 0. The minimum atomic E-state index is -4.88. The average Bonchev–Trinajstić information content (AvgIpc) is 2.94. The summed E-state index contributed by atoms with van der Waals surface area (Å²) in [5, 5.41) is 16.9. The highest BCUT2D eigenvalue weighted by atomic mass is 28.3. The van der Waals surface area contributed by atoms with Crippen molar-refractivity contribution in [3.05, 3.63) is 57.5 Å². The van der Waals surface area contributed by atoms with Gasteiger partial charge in [-0.15, -0.1) is 0 Å². The molecule has 1 aromatic carbocycles. The second-order valence-corrected chi connectivity index (χ2v) is 14.3. The van der Waals surface area contributed by atoms with E-state index >= 15 is 0 Å². The monoisotopic (exact) mass is 441 g/mol. The van der Waals surface area contributed by atoms with Crippen molar-refractivity contribution in [3.8, 4) is 0 Å². The van der Waals surface area contributed by atoms with Crippen LogP contribution in [0.1, 0.15) is 22.7 Å². The minimum Gasteiger partial charge on any atom is -0.390 e. The van der Waals surface area contributed by atoms with E-state index in [0.717, 1.165) is 17.8 Å². The number of halogens is 3. The lowest BCUT2D eigenvalue weighted by molar-refractivity contribution is -0.138. The van der Waals surface area contributed by atoms with E-state index in [0.29, 0.717) is 23.3 Å². The molecule has 0 spiro atoms. The Morgan fingerprint density at radius 1 is 1.30 bits per heavy atom. The number of hydrogen-bond donors (Lipinski definition) is 2. The fourth-order valence-corrected chi connectivity index (χ4v) is 4.17. The maximum Gasteiger partial charge on any atom is 0.423 e. The number of hydrogen-bond acceptors (Lipinski definition) is 5. The summed E-state index contributed by atoms with van der Waals surface area (Å²) in [7, 11) is -1.36. The summed E-state index contributed by atoms with van der Waals surface area (Å²) in [5.41, 5.74) is -1.51. The van der Waals surface area contributed by atoms with Crippen molar-refractivity contribution in [1.29, 1.82) is 0 Å². The lowest BCUT2D eigenvalue weighted by Crippen LogP contribution is -2.34. The summed E-state index contributed by atoms with van der Waals surface area (Å²) in [6, 6.07) is 7.19. The van der Waals surface area contributed by atoms with Gasteiger partial charge in [0.25, 0.3) is 5.56 Å². The molecular formula is C20H26F3N3O3Si. The molecular weight excluding hydrogens is 415 g/mol. The Kier molecular flexibility index (Phi) is 6.39. The molecule has 1 aromatic heterocycles. The van der Waals surface area contributed by atoms with Crippen LogP contribution in [0.3, 0.4) is 0 Å². The molecule has 10 heteroatoms. The molecule has 0 saturated carbocycles. The lowest BCUT2D eigenvalue weighted by Gasteiger charge is -2.22. The second kappa shape index (κ2) is 8.52. The summed E-state index contributed by atoms with van der Waals surface area (Å²) in [6.07, 6.45) is -4.49. The van der Waals surface area contributed by atoms with E-state index in [1.54, 1.807) is 18.2 Å². The Hall–Kier alpha value is -2.17. The Balaban J connectivity index is 1.85. The van der Waals surface area contributed by atoms with E-state index in [1.165, 1.54) is 0 Å². The smallest absolute Gasteiger partial charge is 0.390 e. The number of nitrogens with one attached hydrogen (secondary N) is 1. The maximum atomic E-state index is 13.7. The van der Waals surface area contributed by atoms with Crippen LogP contribution in [0.25, 0.3) is 0 Å². The van der Waals surface area contributed by atoms with E-state index in [2.05, 4.69) is 30.1 Å². The van der Waals surface area contributed by atoms with E-state index in [9.17, 15) is 23.1 Å². The second-order valence-electron chi connectivity index (χ2n) is 8.68. The van der Waals surface area contributed by atoms with Gasteiger partial charge >= 0.3 is 6.18 Å². The number of fused-ring (bicyclic) bond motifs is 1. The van der Waals surface area contributed by atoms with Crippen LogP contribution in [0.2, 0.25) is 25.7 Å². The minimum absolute atomic E-state index is 0.324. The SMILES string of the molecule is C[Si](C)(C)CCOCn1ncc(NC2c3ccccc3CC2O)c(C(F)(F)F)c1=O. The van der Waals surface area contributed by atoms with Gasteiger partial charge in [0.2, 0.25) is 0 Å². The number of anilines is 1. The molecule has 0 radical (unpaired) electrons. The first kappa shape index (κ1) is 22.5. The number of alkyl halides is 3. The van der Waals surface area contributed by atoms with Gasteiger partial charge in [0, 0.05) is 21.1 Å². The van der Waals surface area contributed by atoms with Crippen molar-refractivity contribution >= 4 is 13.8 Å². The van der Waals surface area contributed by atoms with E-state index < -0.39 is 43.2 Å². The van der Waals surface area contributed by atoms with Crippen molar-refractivity contribution in [1.82, 2.24) is 9.78 Å². The van der Waals surface area contributed by atoms with Crippen LogP contribution in [-0.4, -0.2) is 35.7 Å². The van der Waals surface area contributed by atoms with Crippen LogP contribution in [0, 0.1) is 0 Å². The first-order valence-electron chi connectivity index (χ1n) is 9.75. The zero-order chi connectivity index (χ0) is 22.1. The molecule has 3 rings (SSSR count). The average molecular weight is 442 g/mol. The van der Waals surface area contributed by atoms with Gasteiger partial charge in [0.1, 0.15) is 12.3 Å². The highest BCUT2D eigenvalue weighted by Crippen LogP contribution is 2.37. The van der Waals surface area contributed by atoms with Crippen molar-refractivity contribution in [2.45, 2.75) is 57.2 Å². The van der Waals surface area contributed by atoms with Gasteiger partial charge in [-0.25, -0.2) is 4.68 Å². The molecule has 2 unspecified atom stereocenters. The molecule has 2 aromatic rings. The number of benzene rings is 1. The summed E-state index contributed by atoms with van der Waals surface area (Å²) >= 11 is 0. The predicted octanol–water partition coefficient (Wildman–Crippen LogP) is 3.64. The van der Waals surface area contributed by atoms with Crippen LogP contribution < -0.4 is 10.9 Å². The molecule has 30 heavy (non-hydrogen) atoms. The Labute approximate surface area is 173 Å². The van der Waals surface area contributed by atoms with Gasteiger partial charge in [0.05, 0.1) is 24.0 Å². The predicted molar refractivity (Wildman–Crippen MR) is 110 cm³/mol. The highest BCUT2D eigenvalue weighted by molar-refractivity contribution is 6.76. The summed E-state index contributed by atoms with van der Waals surface area (Å²) in [4.78, 5) is 12.5. The molecule has 1 heterocycles. The summed E-state index contributed by atoms with van der Waals surface area (Å²) < 4.78 is 47.2. The van der Waals surface area contributed by atoms with Crippen LogP contribution in [0.4, 0.5) is 18.9 Å². The summed E-state index contributed by atoms with van der Waals surface area (Å²) in [6.45, 7) is 6.47. The van der Waals surface area contributed by atoms with Gasteiger partial charge in [-0.05, 0) is 17.2 Å². The molecule has 0 fully saturated rings. The van der Waals surface area contributed by atoms with Crippen LogP contribution in [-0.2, 0) is 24.1 Å². The molecule has 2 N–H and O–H groups in total. The maximum absolute atomic E-state index is 13.7. The van der Waals surface area contributed by atoms with Crippen molar-refractivity contribution in [2.24, 2.45) is 0 Å². The Morgan fingerprint density at radius 2 is 2.00 bits per heavy atom. The zero-order valence-corrected chi connectivity index (χ0v) is 18.2. The van der Waals surface area contributed by atoms with Crippen LogP contribution >= 0.6 is 0 Å². The molecule has 0 amide bonds. The van der Waals surface area contributed by atoms with Crippen molar-refractivity contribution in [2.75, 3.05) is 11.9 Å². The van der Waals surface area contributed by atoms with Gasteiger partial charge in [-0.1, -0.05) is 43.9 Å². The van der Waals surface area contributed by atoms with Crippen LogP contribution in [0.5, 0.6) is 0 Å². The quantitative estimate of drug-likeness (QED) is 0.507. The third kappa shape index (κ3) is 5.11. The molecule has 1 aliphatic rings. The molecule has 6 nitrogen and oxygen atoms in total. The molecule has 0 bridgehead atoms. The Morgan fingerprint density at radius 3 is 2.67 bits per heavy atom. The molecule has 1 aliphatic carbocycles. The van der Waals surface area contributed by atoms with Crippen LogP contribution in [0.15, 0.2) is 35.3 Å². The van der Waals surface area contributed by atoms with Gasteiger partial charge in [-0.2, -0.15) is 18.3 Å². The first-order valence-corrected chi connectivity index (χ1v) is 13.5. The largest absolute Gasteiger partial charge is 0.423 e. The molecule has 164 valence electrons. The third-order valence-corrected chi connectivity index (χ3v) is 6.76. The number of aliphatic hydroxyl groups excluding tert-OH is 1. The van der Waals surface area contributed by atoms with Crippen molar-refractivity contribution in [3.63, 3.8) is 0 Å². The third-order valence-electron chi connectivity index (χ3n) is 5.05. The number of ether oxygens (including phenoxy) is 1. The van der Waals surface area contributed by atoms with E-state index in [-0.39, 0.29) is 6.73 Å². The first-order chi connectivity index (χ1) is 14.0. The lowest BCUT2D eigenvalue weighted by atomic mass is 10.1. The zero-order valence-electron chi connectivity index (χ0n) is 17.2.